The zero-order valence-corrected chi connectivity index (χ0v) is 5.16. The van der Waals surface area contributed by atoms with E-state index in [-0.39, 0.29) is 0 Å². The molecular formula is C8H4NO. The predicted octanol–water partition coefficient (Wildman–Crippen LogP) is 1.19. The van der Waals surface area contributed by atoms with E-state index in [2.05, 4.69) is 6.07 Å². The van der Waals surface area contributed by atoms with Crippen molar-refractivity contribution in [3.8, 4) is 6.07 Å². The number of hydrogen-bond donors (Lipinski definition) is 0. The molecule has 1 aromatic carbocycles. The Kier molecular flexibility index (Phi) is 1.81. The minimum absolute atomic E-state index is 0.418. The van der Waals surface area contributed by atoms with Gasteiger partial charge >= 0.3 is 0 Å². The molecule has 0 aliphatic rings. The van der Waals surface area contributed by atoms with Crippen LogP contribution in [0.1, 0.15) is 10.4 Å². The van der Waals surface area contributed by atoms with Gasteiger partial charge in [-0.05, 0) is 18.2 Å². The van der Waals surface area contributed by atoms with E-state index >= 15 is 0 Å². The van der Waals surface area contributed by atoms with Gasteiger partial charge in [0.2, 0.25) is 0 Å². The molecule has 0 unspecified atom stereocenters. The number of benzene rings is 1. The van der Waals surface area contributed by atoms with Crippen molar-refractivity contribution in [1.29, 1.82) is 5.26 Å². The lowest BCUT2D eigenvalue weighted by molar-refractivity contribution is 0.105. The average molecular weight is 130 g/mol. The summed E-state index contributed by atoms with van der Waals surface area (Å²) in [5.74, 6) is -0.506. The third-order valence-corrected chi connectivity index (χ3v) is 1.08. The summed E-state index contributed by atoms with van der Waals surface area (Å²) in [7, 11) is 0. The van der Waals surface area contributed by atoms with Crippen molar-refractivity contribution >= 4 is 5.78 Å². The Balaban J connectivity index is 2.99. The molecule has 0 bridgehead atoms. The molecule has 0 saturated carbocycles. The molecule has 2 heteroatoms. The van der Waals surface area contributed by atoms with E-state index in [9.17, 15) is 4.79 Å². The molecule has 0 fully saturated rings. The Labute approximate surface area is 58.7 Å². The maximum absolute atomic E-state index is 10.6. The summed E-state index contributed by atoms with van der Waals surface area (Å²) in [6.45, 7) is 0. The summed E-state index contributed by atoms with van der Waals surface area (Å²) in [6.07, 6.45) is 0. The maximum atomic E-state index is 10.6. The van der Waals surface area contributed by atoms with E-state index in [4.69, 9.17) is 5.26 Å². The smallest absolute Gasteiger partial charge is 0.262 e. The topological polar surface area (TPSA) is 40.9 Å². The van der Waals surface area contributed by atoms with Crippen LogP contribution < -0.4 is 0 Å². The zero-order valence-electron chi connectivity index (χ0n) is 5.16. The third-order valence-electron chi connectivity index (χ3n) is 1.08. The lowest BCUT2D eigenvalue weighted by Crippen LogP contribution is -1.92. The van der Waals surface area contributed by atoms with Crippen LogP contribution in [0.5, 0.6) is 0 Å². The van der Waals surface area contributed by atoms with Crippen molar-refractivity contribution in [2.45, 2.75) is 0 Å². The third kappa shape index (κ3) is 1.20. The van der Waals surface area contributed by atoms with Gasteiger partial charge in [-0.25, -0.2) is 0 Å². The first-order chi connectivity index (χ1) is 4.84. The summed E-state index contributed by atoms with van der Waals surface area (Å²) < 4.78 is 0. The number of rotatable bonds is 1. The van der Waals surface area contributed by atoms with E-state index in [1.165, 1.54) is 6.07 Å². The molecule has 0 amide bonds. The molecular weight excluding hydrogens is 126 g/mol. The van der Waals surface area contributed by atoms with Crippen LogP contribution in [-0.2, 0) is 0 Å². The molecule has 1 rings (SSSR count). The molecule has 0 heterocycles. The summed E-state index contributed by atoms with van der Waals surface area (Å²) in [5, 5.41) is 8.18. The van der Waals surface area contributed by atoms with Gasteiger partial charge < -0.3 is 0 Å². The molecule has 1 radical (unpaired) electrons. The number of hydrogen-bond acceptors (Lipinski definition) is 2. The van der Waals surface area contributed by atoms with Crippen molar-refractivity contribution in [2.24, 2.45) is 0 Å². The lowest BCUT2D eigenvalue weighted by atomic mass is 10.1. The fourth-order valence-electron chi connectivity index (χ4n) is 0.603. The standard InChI is InChI=1S/C8H4NO/c9-6-8(10)7-4-2-1-3-5-7/h2-5H. The van der Waals surface area contributed by atoms with E-state index in [1.807, 2.05) is 0 Å². The highest BCUT2D eigenvalue weighted by atomic mass is 16.1. The highest BCUT2D eigenvalue weighted by Gasteiger charge is 1.99. The number of nitriles is 1. The Hall–Kier alpha value is -1.62. The summed E-state index contributed by atoms with van der Waals surface area (Å²) in [4.78, 5) is 10.6. The fourth-order valence-corrected chi connectivity index (χ4v) is 0.603. The van der Waals surface area contributed by atoms with Crippen molar-refractivity contribution in [3.63, 3.8) is 0 Å². The highest BCUT2D eigenvalue weighted by Crippen LogP contribution is 1.97. The first-order valence-electron chi connectivity index (χ1n) is 2.75. The molecule has 0 spiro atoms. The van der Waals surface area contributed by atoms with Crippen LogP contribution in [0.15, 0.2) is 24.3 Å². The second-order valence-corrected chi connectivity index (χ2v) is 1.73. The SMILES string of the molecule is N#CC(=O)c1cc[c]cc1. The molecule has 0 saturated heterocycles. The average Bonchev–Trinajstić information content (AvgIpc) is 2.05. The van der Waals surface area contributed by atoms with E-state index in [0.717, 1.165) is 0 Å². The first-order valence-corrected chi connectivity index (χ1v) is 2.75. The number of ketones is 1. The van der Waals surface area contributed by atoms with E-state index in [1.54, 1.807) is 24.3 Å². The summed E-state index contributed by atoms with van der Waals surface area (Å²) in [6, 6.07) is 10.6. The quantitative estimate of drug-likeness (QED) is 0.423. The second kappa shape index (κ2) is 2.79. The number of carbonyl (C=O) groups excluding carboxylic acids is 1. The highest BCUT2D eigenvalue weighted by molar-refractivity contribution is 6.07. The van der Waals surface area contributed by atoms with Gasteiger partial charge in [-0.15, -0.1) is 0 Å². The Morgan fingerprint density at radius 3 is 2.60 bits per heavy atom. The van der Waals surface area contributed by atoms with Crippen LogP contribution in [-0.4, -0.2) is 5.78 Å². The van der Waals surface area contributed by atoms with Crippen LogP contribution in [0.25, 0.3) is 0 Å². The summed E-state index contributed by atoms with van der Waals surface area (Å²) in [5.41, 5.74) is 0.418. The summed E-state index contributed by atoms with van der Waals surface area (Å²) >= 11 is 0. The maximum Gasteiger partial charge on any atom is 0.262 e. The Morgan fingerprint density at radius 1 is 1.50 bits per heavy atom. The van der Waals surface area contributed by atoms with Crippen LogP contribution in [0.3, 0.4) is 0 Å². The molecule has 0 aromatic heterocycles. The van der Waals surface area contributed by atoms with Crippen molar-refractivity contribution in [1.82, 2.24) is 0 Å². The fraction of sp³-hybridized carbons (Fsp3) is 0. The van der Waals surface area contributed by atoms with Gasteiger partial charge in [-0.2, -0.15) is 5.26 Å². The largest absolute Gasteiger partial charge is 0.277 e. The van der Waals surface area contributed by atoms with Gasteiger partial charge in [0.1, 0.15) is 6.07 Å². The van der Waals surface area contributed by atoms with Gasteiger partial charge in [0, 0.05) is 5.56 Å². The van der Waals surface area contributed by atoms with Crippen molar-refractivity contribution in [3.05, 3.63) is 35.9 Å². The number of nitrogens with zero attached hydrogens (tertiary/aromatic N) is 1. The monoisotopic (exact) mass is 130 g/mol. The van der Waals surface area contributed by atoms with Gasteiger partial charge in [-0.3, -0.25) is 4.79 Å². The second-order valence-electron chi connectivity index (χ2n) is 1.73. The van der Waals surface area contributed by atoms with Crippen molar-refractivity contribution in [2.75, 3.05) is 0 Å². The first kappa shape index (κ1) is 6.50. The Bertz CT molecular complexity index is 271. The molecule has 47 valence electrons. The number of Topliss-reactive ketones (excluding diaryl/α,β-unsaturated/α-hetero) is 1. The van der Waals surface area contributed by atoms with Crippen LogP contribution in [0.2, 0.25) is 0 Å². The molecule has 2 nitrogen and oxygen atoms in total. The minimum atomic E-state index is -0.506. The molecule has 0 atom stereocenters. The van der Waals surface area contributed by atoms with Crippen molar-refractivity contribution < 1.29 is 4.79 Å². The minimum Gasteiger partial charge on any atom is -0.277 e. The molecule has 0 N–H and O–H groups in total. The lowest BCUT2D eigenvalue weighted by Gasteiger charge is -1.86. The van der Waals surface area contributed by atoms with E-state index in [0.29, 0.717) is 5.56 Å². The molecule has 1 aromatic rings. The van der Waals surface area contributed by atoms with Gasteiger partial charge in [-0.1, -0.05) is 12.1 Å². The molecule has 0 aliphatic heterocycles. The zero-order chi connectivity index (χ0) is 7.40. The van der Waals surface area contributed by atoms with Crippen LogP contribution in [0.4, 0.5) is 0 Å². The molecule has 10 heavy (non-hydrogen) atoms. The Morgan fingerprint density at radius 2 is 2.10 bits per heavy atom. The van der Waals surface area contributed by atoms with Crippen LogP contribution in [0, 0.1) is 17.4 Å². The normalized spacial score (nSPS) is 8.30. The van der Waals surface area contributed by atoms with Gasteiger partial charge in [0.05, 0.1) is 0 Å². The van der Waals surface area contributed by atoms with Gasteiger partial charge in [0.25, 0.3) is 5.78 Å². The molecule has 0 aliphatic carbocycles. The van der Waals surface area contributed by atoms with E-state index < -0.39 is 5.78 Å². The van der Waals surface area contributed by atoms with Gasteiger partial charge in [0.15, 0.2) is 0 Å². The predicted molar refractivity (Wildman–Crippen MR) is 35.2 cm³/mol. The van der Waals surface area contributed by atoms with Crippen LogP contribution >= 0.6 is 0 Å². The number of carbonyl (C=O) groups is 1.